The van der Waals surface area contributed by atoms with Crippen molar-refractivity contribution >= 4 is 23.5 Å². The molecule has 3 rings (SSSR count). The molecular formula is C18H17ClN4O4. The van der Waals surface area contributed by atoms with Crippen LogP contribution in [0.1, 0.15) is 38.1 Å². The molecule has 0 radical (unpaired) electrons. The number of hydrogen-bond donors (Lipinski definition) is 1. The third-order valence-electron chi connectivity index (χ3n) is 3.96. The molecule has 1 amide bonds. The predicted molar refractivity (Wildman–Crippen MR) is 97.3 cm³/mol. The molecule has 0 fully saturated rings. The molecule has 0 aliphatic rings. The molecule has 0 unspecified atom stereocenters. The zero-order valence-corrected chi connectivity index (χ0v) is 15.7. The quantitative estimate of drug-likeness (QED) is 0.720. The number of furan rings is 1. The Morgan fingerprint density at radius 1 is 1.26 bits per heavy atom. The van der Waals surface area contributed by atoms with Crippen LogP contribution in [0, 0.1) is 13.8 Å². The number of carbonyl (C=O) groups is 2. The molecular weight excluding hydrogens is 372 g/mol. The summed E-state index contributed by atoms with van der Waals surface area (Å²) in [6, 6.07) is 8.39. The van der Waals surface area contributed by atoms with Crippen molar-refractivity contribution in [2.45, 2.75) is 20.4 Å². The van der Waals surface area contributed by atoms with Crippen LogP contribution in [0.2, 0.25) is 5.02 Å². The molecule has 140 valence electrons. The Bertz CT molecular complexity index is 1020. The maximum Gasteiger partial charge on any atom is 0.339 e. The van der Waals surface area contributed by atoms with Crippen molar-refractivity contribution in [3.8, 4) is 5.69 Å². The maximum absolute atomic E-state index is 12.7. The van der Waals surface area contributed by atoms with E-state index in [2.05, 4.69) is 10.2 Å². The second-order valence-corrected chi connectivity index (χ2v) is 6.49. The van der Waals surface area contributed by atoms with Crippen LogP contribution in [0.3, 0.4) is 0 Å². The van der Waals surface area contributed by atoms with Gasteiger partial charge in [0.1, 0.15) is 17.1 Å². The lowest BCUT2D eigenvalue weighted by Crippen LogP contribution is -2.27. The number of carboxylic acids is 1. The summed E-state index contributed by atoms with van der Waals surface area (Å²) in [6.45, 7) is 3.36. The summed E-state index contributed by atoms with van der Waals surface area (Å²) < 4.78 is 5.42. The molecule has 0 spiro atoms. The van der Waals surface area contributed by atoms with Crippen LogP contribution in [0.4, 0.5) is 0 Å². The van der Waals surface area contributed by atoms with E-state index in [0.29, 0.717) is 27.9 Å². The minimum absolute atomic E-state index is 0.0777. The topological polar surface area (TPSA) is 101 Å². The number of hydrogen-bond acceptors (Lipinski definition) is 5. The van der Waals surface area contributed by atoms with Crippen molar-refractivity contribution in [2.75, 3.05) is 7.05 Å². The number of rotatable bonds is 5. The van der Waals surface area contributed by atoms with Crippen LogP contribution >= 0.6 is 11.6 Å². The lowest BCUT2D eigenvalue weighted by Gasteiger charge is -2.14. The molecule has 27 heavy (non-hydrogen) atoms. The maximum atomic E-state index is 12.7. The monoisotopic (exact) mass is 388 g/mol. The highest BCUT2D eigenvalue weighted by molar-refractivity contribution is 6.30. The van der Waals surface area contributed by atoms with Crippen LogP contribution in [0.15, 0.2) is 34.7 Å². The van der Waals surface area contributed by atoms with E-state index in [0.717, 1.165) is 0 Å². The second-order valence-electron chi connectivity index (χ2n) is 6.05. The van der Waals surface area contributed by atoms with Gasteiger partial charge in [0.25, 0.3) is 5.91 Å². The number of halogens is 1. The molecule has 0 bridgehead atoms. The predicted octanol–water partition coefficient (Wildman–Crippen LogP) is 3.10. The van der Waals surface area contributed by atoms with Crippen molar-refractivity contribution in [3.05, 3.63) is 63.8 Å². The number of nitrogens with zero attached hydrogens (tertiary/aromatic N) is 4. The number of aromatic nitrogens is 3. The molecule has 0 aliphatic carbocycles. The van der Waals surface area contributed by atoms with Gasteiger partial charge in [0, 0.05) is 12.1 Å². The number of aryl methyl sites for hydroxylation is 2. The van der Waals surface area contributed by atoms with E-state index < -0.39 is 5.97 Å². The molecule has 2 aromatic heterocycles. The van der Waals surface area contributed by atoms with Gasteiger partial charge >= 0.3 is 5.97 Å². The smallest absolute Gasteiger partial charge is 0.339 e. The highest BCUT2D eigenvalue weighted by Crippen LogP contribution is 2.18. The minimum Gasteiger partial charge on any atom is -0.478 e. The third-order valence-corrected chi connectivity index (χ3v) is 4.20. The number of carboxylic acid groups (broad SMARTS) is 1. The average molecular weight is 389 g/mol. The van der Waals surface area contributed by atoms with E-state index in [1.54, 1.807) is 45.2 Å². The van der Waals surface area contributed by atoms with Gasteiger partial charge in [-0.15, -0.1) is 5.10 Å². The van der Waals surface area contributed by atoms with Crippen LogP contribution in [-0.2, 0) is 6.54 Å². The zero-order chi connectivity index (χ0) is 19.7. The van der Waals surface area contributed by atoms with E-state index >= 15 is 0 Å². The van der Waals surface area contributed by atoms with Gasteiger partial charge in [-0.1, -0.05) is 17.7 Å². The van der Waals surface area contributed by atoms with Crippen LogP contribution in [0.25, 0.3) is 5.69 Å². The lowest BCUT2D eigenvalue weighted by molar-refractivity contribution is 0.0694. The van der Waals surface area contributed by atoms with Crippen LogP contribution < -0.4 is 0 Å². The SMILES string of the molecule is Cc1nn(-c2cccc(Cl)c2)nc1C(=O)N(C)Cc1cc(C(=O)O)c(C)o1. The highest BCUT2D eigenvalue weighted by atomic mass is 35.5. The fourth-order valence-corrected chi connectivity index (χ4v) is 2.80. The highest BCUT2D eigenvalue weighted by Gasteiger charge is 2.22. The number of amides is 1. The van der Waals surface area contributed by atoms with Gasteiger partial charge in [-0.3, -0.25) is 4.79 Å². The summed E-state index contributed by atoms with van der Waals surface area (Å²) in [6.07, 6.45) is 0. The van der Waals surface area contributed by atoms with Gasteiger partial charge in [-0.25, -0.2) is 4.79 Å². The molecule has 0 saturated carbocycles. The van der Waals surface area contributed by atoms with Gasteiger partial charge in [0.15, 0.2) is 5.69 Å². The summed E-state index contributed by atoms with van der Waals surface area (Å²) in [5.74, 6) is -0.759. The first-order valence-corrected chi connectivity index (χ1v) is 8.42. The third kappa shape index (κ3) is 3.85. The van der Waals surface area contributed by atoms with E-state index in [4.69, 9.17) is 21.1 Å². The van der Waals surface area contributed by atoms with E-state index in [-0.39, 0.29) is 23.7 Å². The average Bonchev–Trinajstić information content (AvgIpc) is 3.17. The van der Waals surface area contributed by atoms with Crippen molar-refractivity contribution in [3.63, 3.8) is 0 Å². The molecule has 9 heteroatoms. The number of carbonyl (C=O) groups excluding carboxylic acids is 1. The Morgan fingerprint density at radius 3 is 2.63 bits per heavy atom. The Morgan fingerprint density at radius 2 is 2.00 bits per heavy atom. The summed E-state index contributed by atoms with van der Waals surface area (Å²) in [5, 5.41) is 18.2. The van der Waals surface area contributed by atoms with Crippen molar-refractivity contribution < 1.29 is 19.1 Å². The number of benzene rings is 1. The second kappa shape index (κ2) is 7.24. The fraction of sp³-hybridized carbons (Fsp3) is 0.222. The molecule has 3 aromatic rings. The van der Waals surface area contributed by atoms with Gasteiger partial charge < -0.3 is 14.4 Å². The summed E-state index contributed by atoms with van der Waals surface area (Å²) in [5.41, 5.74) is 1.38. The van der Waals surface area contributed by atoms with Crippen molar-refractivity contribution in [1.29, 1.82) is 0 Å². The van der Waals surface area contributed by atoms with E-state index in [9.17, 15) is 9.59 Å². The normalized spacial score (nSPS) is 10.8. The van der Waals surface area contributed by atoms with Gasteiger partial charge in [-0.2, -0.15) is 9.90 Å². The first-order chi connectivity index (χ1) is 12.8. The van der Waals surface area contributed by atoms with Gasteiger partial charge in [0.2, 0.25) is 0 Å². The first kappa shape index (κ1) is 18.7. The largest absolute Gasteiger partial charge is 0.478 e. The standard InChI is InChI=1S/C18H17ClN4O4/c1-10-16(21-23(20-10)13-6-4-5-12(19)7-13)17(24)22(3)9-14-8-15(18(25)26)11(2)27-14/h4-8H,9H2,1-3H3,(H,25,26). The summed E-state index contributed by atoms with van der Waals surface area (Å²) >= 11 is 5.99. The Kier molecular flexibility index (Phi) is 5.00. The van der Waals surface area contributed by atoms with Crippen LogP contribution in [0.5, 0.6) is 0 Å². The Labute approximate surface area is 160 Å². The lowest BCUT2D eigenvalue weighted by atomic mass is 10.2. The molecule has 1 N–H and O–H groups in total. The van der Waals surface area contributed by atoms with E-state index in [1.807, 2.05) is 0 Å². The zero-order valence-electron chi connectivity index (χ0n) is 14.9. The summed E-state index contributed by atoms with van der Waals surface area (Å²) in [4.78, 5) is 26.6. The first-order valence-electron chi connectivity index (χ1n) is 8.04. The van der Waals surface area contributed by atoms with Crippen molar-refractivity contribution in [2.24, 2.45) is 0 Å². The van der Waals surface area contributed by atoms with Crippen molar-refractivity contribution in [1.82, 2.24) is 19.9 Å². The van der Waals surface area contributed by atoms with Gasteiger partial charge in [-0.05, 0) is 38.1 Å². The summed E-state index contributed by atoms with van der Waals surface area (Å²) in [7, 11) is 1.58. The molecule has 0 saturated heterocycles. The fourth-order valence-electron chi connectivity index (χ4n) is 2.61. The minimum atomic E-state index is -1.07. The number of aromatic carboxylic acids is 1. The molecule has 0 atom stereocenters. The molecule has 8 nitrogen and oxygen atoms in total. The van der Waals surface area contributed by atoms with E-state index in [1.165, 1.54) is 15.8 Å². The Balaban J connectivity index is 1.81. The Hall–Kier alpha value is -3.13. The molecule has 1 aromatic carbocycles. The van der Waals surface area contributed by atoms with Gasteiger partial charge in [0.05, 0.1) is 17.9 Å². The van der Waals surface area contributed by atoms with Crippen LogP contribution in [-0.4, -0.2) is 43.9 Å². The molecule has 0 aliphatic heterocycles. The molecule has 2 heterocycles.